The molecular formula is C16H28N4O. The second-order valence-electron chi connectivity index (χ2n) is 6.45. The van der Waals surface area contributed by atoms with Crippen LogP contribution in [-0.2, 0) is 5.41 Å². The summed E-state index contributed by atoms with van der Waals surface area (Å²) in [5, 5.41) is 0. The van der Waals surface area contributed by atoms with Gasteiger partial charge in [-0.3, -0.25) is 4.79 Å². The first-order valence-corrected chi connectivity index (χ1v) is 7.54. The molecule has 0 aliphatic heterocycles. The average Bonchev–Trinajstić information content (AvgIpc) is 2.45. The van der Waals surface area contributed by atoms with Gasteiger partial charge < -0.3 is 10.3 Å². The van der Waals surface area contributed by atoms with Crippen LogP contribution in [0, 0.1) is 0 Å². The third-order valence-electron chi connectivity index (χ3n) is 3.43. The molecule has 0 fully saturated rings. The van der Waals surface area contributed by atoms with Crippen LogP contribution in [-0.4, -0.2) is 29.4 Å². The van der Waals surface area contributed by atoms with Crippen LogP contribution in [0.5, 0.6) is 0 Å². The Morgan fingerprint density at radius 2 is 2.00 bits per heavy atom. The van der Waals surface area contributed by atoms with Gasteiger partial charge in [0.2, 0.25) is 0 Å². The number of aromatic nitrogens is 1. The van der Waals surface area contributed by atoms with Crippen LogP contribution in [0.4, 0.5) is 5.82 Å². The Morgan fingerprint density at radius 1 is 1.33 bits per heavy atom. The lowest BCUT2D eigenvalue weighted by Crippen LogP contribution is -2.29. The molecule has 0 aromatic carbocycles. The molecular weight excluding hydrogens is 264 g/mol. The Hall–Kier alpha value is -1.62. The van der Waals surface area contributed by atoms with Crippen molar-refractivity contribution in [3.63, 3.8) is 0 Å². The molecule has 0 radical (unpaired) electrons. The van der Waals surface area contributed by atoms with E-state index in [2.05, 4.69) is 38.1 Å². The number of nitrogens with zero attached hydrogens (tertiary/aromatic N) is 2. The minimum absolute atomic E-state index is 0.00973. The molecule has 0 atom stereocenters. The van der Waals surface area contributed by atoms with E-state index in [4.69, 9.17) is 5.84 Å². The van der Waals surface area contributed by atoms with Gasteiger partial charge in [0.25, 0.3) is 5.91 Å². The molecule has 0 bridgehead atoms. The molecule has 0 aliphatic rings. The first-order chi connectivity index (χ1) is 9.79. The zero-order valence-corrected chi connectivity index (χ0v) is 13.9. The topological polar surface area (TPSA) is 71.2 Å². The van der Waals surface area contributed by atoms with Gasteiger partial charge in [-0.25, -0.2) is 10.8 Å². The monoisotopic (exact) mass is 292 g/mol. The maximum atomic E-state index is 12.5. The Kier molecular flexibility index (Phi) is 6.15. The summed E-state index contributed by atoms with van der Waals surface area (Å²) in [5.74, 6) is 6.00. The minimum Gasteiger partial charge on any atom is -0.342 e. The molecule has 3 N–H and O–H groups in total. The van der Waals surface area contributed by atoms with E-state index in [1.165, 1.54) is 0 Å². The molecule has 1 aromatic heterocycles. The quantitative estimate of drug-likeness (QED) is 0.480. The summed E-state index contributed by atoms with van der Waals surface area (Å²) in [6.45, 7) is 9.11. The van der Waals surface area contributed by atoms with Gasteiger partial charge in [-0.05, 0) is 18.6 Å². The Bertz CT molecular complexity index is 480. The van der Waals surface area contributed by atoms with E-state index in [-0.39, 0.29) is 11.3 Å². The van der Waals surface area contributed by atoms with Crippen LogP contribution in [0.1, 0.15) is 63.0 Å². The van der Waals surface area contributed by atoms with Crippen molar-refractivity contribution in [1.29, 1.82) is 0 Å². The van der Waals surface area contributed by atoms with Gasteiger partial charge >= 0.3 is 0 Å². The number of nitrogens with two attached hydrogens (primary N) is 1. The van der Waals surface area contributed by atoms with Crippen LogP contribution < -0.4 is 11.3 Å². The van der Waals surface area contributed by atoms with Crippen molar-refractivity contribution in [3.8, 4) is 0 Å². The van der Waals surface area contributed by atoms with E-state index >= 15 is 0 Å². The molecule has 1 rings (SSSR count). The van der Waals surface area contributed by atoms with E-state index in [9.17, 15) is 4.79 Å². The zero-order chi connectivity index (χ0) is 16.0. The number of nitrogens with one attached hydrogen (secondary N) is 1. The maximum Gasteiger partial charge on any atom is 0.253 e. The highest BCUT2D eigenvalue weighted by molar-refractivity contribution is 5.94. The molecule has 1 aromatic rings. The van der Waals surface area contributed by atoms with E-state index in [0.29, 0.717) is 11.4 Å². The second-order valence-corrected chi connectivity index (χ2v) is 6.45. The smallest absolute Gasteiger partial charge is 0.253 e. The molecule has 0 unspecified atom stereocenters. The first-order valence-electron chi connectivity index (χ1n) is 7.54. The number of amides is 1. The first kappa shape index (κ1) is 17.4. The number of hydrogen-bond acceptors (Lipinski definition) is 4. The van der Waals surface area contributed by atoms with Gasteiger partial charge in [0.15, 0.2) is 0 Å². The standard InChI is InChI=1S/C16H28N4O/c1-6-7-8-9-20(5)15(21)12-10-13(16(2,3)4)18-14(11-12)19-17/h10-11H,6-9,17H2,1-5H3,(H,18,19). The minimum atomic E-state index is -0.136. The zero-order valence-electron chi connectivity index (χ0n) is 13.9. The van der Waals surface area contributed by atoms with Crippen LogP contribution in [0.3, 0.4) is 0 Å². The molecule has 1 heterocycles. The normalized spacial score (nSPS) is 11.3. The number of unbranched alkanes of at least 4 members (excludes halogenated alkanes) is 2. The number of anilines is 1. The molecule has 0 saturated carbocycles. The lowest BCUT2D eigenvalue weighted by atomic mass is 9.90. The van der Waals surface area contributed by atoms with Crippen molar-refractivity contribution in [2.75, 3.05) is 19.0 Å². The van der Waals surface area contributed by atoms with Crippen LogP contribution in [0.2, 0.25) is 0 Å². The second kappa shape index (κ2) is 7.41. The van der Waals surface area contributed by atoms with Gasteiger partial charge in [-0.15, -0.1) is 0 Å². The van der Waals surface area contributed by atoms with Crippen LogP contribution in [0.25, 0.3) is 0 Å². The molecule has 1 amide bonds. The van der Waals surface area contributed by atoms with Gasteiger partial charge in [-0.2, -0.15) is 0 Å². The van der Waals surface area contributed by atoms with Gasteiger partial charge in [0, 0.05) is 30.3 Å². The summed E-state index contributed by atoms with van der Waals surface area (Å²) in [4.78, 5) is 18.7. The van der Waals surface area contributed by atoms with Gasteiger partial charge in [0.1, 0.15) is 5.82 Å². The fraction of sp³-hybridized carbons (Fsp3) is 0.625. The molecule has 21 heavy (non-hydrogen) atoms. The summed E-state index contributed by atoms with van der Waals surface area (Å²) in [5.41, 5.74) is 3.88. The van der Waals surface area contributed by atoms with Gasteiger partial charge in [-0.1, -0.05) is 40.5 Å². The highest BCUT2D eigenvalue weighted by atomic mass is 16.2. The summed E-state index contributed by atoms with van der Waals surface area (Å²) in [6, 6.07) is 3.56. The van der Waals surface area contributed by atoms with Crippen molar-refractivity contribution >= 4 is 11.7 Å². The number of rotatable bonds is 6. The molecule has 118 valence electrons. The number of carbonyl (C=O) groups is 1. The lowest BCUT2D eigenvalue weighted by Gasteiger charge is -2.22. The number of nitrogen functional groups attached to an aromatic ring is 1. The van der Waals surface area contributed by atoms with Crippen molar-refractivity contribution in [3.05, 3.63) is 23.4 Å². The number of hydrogen-bond donors (Lipinski definition) is 2. The molecule has 0 spiro atoms. The number of pyridine rings is 1. The van der Waals surface area contributed by atoms with E-state index in [1.54, 1.807) is 11.0 Å². The third-order valence-corrected chi connectivity index (χ3v) is 3.43. The highest BCUT2D eigenvalue weighted by Crippen LogP contribution is 2.23. The maximum absolute atomic E-state index is 12.5. The Morgan fingerprint density at radius 3 is 2.52 bits per heavy atom. The van der Waals surface area contributed by atoms with Crippen LogP contribution >= 0.6 is 0 Å². The summed E-state index contributed by atoms with van der Waals surface area (Å²) in [6.07, 6.45) is 3.31. The number of hydrazine groups is 1. The largest absolute Gasteiger partial charge is 0.342 e. The SMILES string of the molecule is CCCCCN(C)C(=O)c1cc(NN)nc(C(C)(C)C)c1. The Balaban J connectivity index is 2.98. The molecule has 5 nitrogen and oxygen atoms in total. The fourth-order valence-electron chi connectivity index (χ4n) is 2.03. The van der Waals surface area contributed by atoms with Gasteiger partial charge in [0.05, 0.1) is 0 Å². The van der Waals surface area contributed by atoms with Crippen molar-refractivity contribution < 1.29 is 4.79 Å². The predicted molar refractivity (Wildman–Crippen MR) is 87.2 cm³/mol. The van der Waals surface area contributed by atoms with E-state index < -0.39 is 0 Å². The lowest BCUT2D eigenvalue weighted by molar-refractivity contribution is 0.0792. The predicted octanol–water partition coefficient (Wildman–Crippen LogP) is 2.93. The van der Waals surface area contributed by atoms with E-state index in [1.807, 2.05) is 13.1 Å². The van der Waals surface area contributed by atoms with Crippen molar-refractivity contribution in [2.24, 2.45) is 5.84 Å². The molecule has 0 saturated heterocycles. The average molecular weight is 292 g/mol. The summed E-state index contributed by atoms with van der Waals surface area (Å²) < 4.78 is 0. The Labute approximate surface area is 127 Å². The summed E-state index contributed by atoms with van der Waals surface area (Å²) >= 11 is 0. The fourth-order valence-corrected chi connectivity index (χ4v) is 2.03. The highest BCUT2D eigenvalue weighted by Gasteiger charge is 2.20. The van der Waals surface area contributed by atoms with E-state index in [0.717, 1.165) is 31.5 Å². The third kappa shape index (κ3) is 5.01. The van der Waals surface area contributed by atoms with Crippen molar-refractivity contribution in [1.82, 2.24) is 9.88 Å². The van der Waals surface area contributed by atoms with Crippen LogP contribution in [0.15, 0.2) is 12.1 Å². The summed E-state index contributed by atoms with van der Waals surface area (Å²) in [7, 11) is 1.84. The number of carbonyl (C=O) groups excluding carboxylic acids is 1. The van der Waals surface area contributed by atoms with Crippen molar-refractivity contribution in [2.45, 2.75) is 52.4 Å². The molecule has 5 heteroatoms. The molecule has 0 aliphatic carbocycles.